The van der Waals surface area contributed by atoms with Crippen LogP contribution in [0.2, 0.25) is 0 Å². The van der Waals surface area contributed by atoms with Gasteiger partial charge in [-0.2, -0.15) is 0 Å². The SMILES string of the molecule is CCOCCNC(=NC)NCc1ccccc1CN1CCN(CC)CC1.I. The van der Waals surface area contributed by atoms with E-state index < -0.39 is 0 Å². The number of nitrogens with one attached hydrogen (secondary N) is 2. The van der Waals surface area contributed by atoms with Gasteiger partial charge in [-0.3, -0.25) is 9.89 Å². The Labute approximate surface area is 181 Å². The van der Waals surface area contributed by atoms with Gasteiger partial charge in [-0.05, 0) is 24.6 Å². The third kappa shape index (κ3) is 8.76. The highest BCUT2D eigenvalue weighted by Gasteiger charge is 2.16. The van der Waals surface area contributed by atoms with E-state index in [1.165, 1.54) is 24.2 Å². The summed E-state index contributed by atoms with van der Waals surface area (Å²) >= 11 is 0. The maximum atomic E-state index is 5.36. The van der Waals surface area contributed by atoms with Crippen LogP contribution in [0.25, 0.3) is 0 Å². The Balaban J connectivity index is 0.00000364. The molecule has 0 aliphatic carbocycles. The van der Waals surface area contributed by atoms with Crippen molar-refractivity contribution in [1.29, 1.82) is 0 Å². The number of hydrogen-bond acceptors (Lipinski definition) is 4. The Morgan fingerprint density at radius 2 is 1.70 bits per heavy atom. The highest BCUT2D eigenvalue weighted by molar-refractivity contribution is 14.0. The predicted molar refractivity (Wildman–Crippen MR) is 124 cm³/mol. The van der Waals surface area contributed by atoms with Crippen LogP contribution in [-0.4, -0.2) is 75.3 Å². The molecule has 1 fully saturated rings. The lowest BCUT2D eigenvalue weighted by molar-refractivity contribution is 0.131. The van der Waals surface area contributed by atoms with Gasteiger partial charge in [-0.1, -0.05) is 31.2 Å². The van der Waals surface area contributed by atoms with Crippen molar-refractivity contribution in [3.63, 3.8) is 0 Å². The zero-order valence-electron chi connectivity index (χ0n) is 17.0. The van der Waals surface area contributed by atoms with Crippen LogP contribution in [0.15, 0.2) is 29.3 Å². The molecule has 1 saturated heterocycles. The van der Waals surface area contributed by atoms with E-state index in [0.29, 0.717) is 6.61 Å². The molecule has 0 amide bonds. The molecular weight excluding hydrogens is 453 g/mol. The number of likely N-dealkylation sites (N-methyl/N-ethyl adjacent to an activating group) is 1. The number of ether oxygens (including phenoxy) is 1. The Hall–Kier alpha value is -0.900. The van der Waals surface area contributed by atoms with Crippen LogP contribution in [0.5, 0.6) is 0 Å². The first-order chi connectivity index (χ1) is 12.8. The largest absolute Gasteiger partial charge is 0.380 e. The van der Waals surface area contributed by atoms with E-state index in [1.54, 1.807) is 7.05 Å². The summed E-state index contributed by atoms with van der Waals surface area (Å²) < 4.78 is 5.36. The van der Waals surface area contributed by atoms with Gasteiger partial charge >= 0.3 is 0 Å². The molecule has 1 aromatic rings. The average molecular weight is 489 g/mol. The molecule has 1 aliphatic rings. The van der Waals surface area contributed by atoms with Gasteiger partial charge in [-0.15, -0.1) is 24.0 Å². The molecule has 1 heterocycles. The molecule has 1 aromatic carbocycles. The second-order valence-electron chi connectivity index (χ2n) is 6.53. The van der Waals surface area contributed by atoms with E-state index in [0.717, 1.165) is 51.8 Å². The second-order valence-corrected chi connectivity index (χ2v) is 6.53. The predicted octanol–water partition coefficient (Wildman–Crippen LogP) is 2.14. The van der Waals surface area contributed by atoms with E-state index in [-0.39, 0.29) is 24.0 Å². The van der Waals surface area contributed by atoms with Gasteiger partial charge in [-0.25, -0.2) is 0 Å². The lowest BCUT2D eigenvalue weighted by Gasteiger charge is -2.34. The van der Waals surface area contributed by atoms with Crippen LogP contribution < -0.4 is 10.6 Å². The first-order valence-electron chi connectivity index (χ1n) is 9.80. The summed E-state index contributed by atoms with van der Waals surface area (Å²) in [5.41, 5.74) is 2.73. The highest BCUT2D eigenvalue weighted by atomic mass is 127. The molecule has 0 spiro atoms. The Morgan fingerprint density at radius 1 is 1.04 bits per heavy atom. The van der Waals surface area contributed by atoms with Gasteiger partial charge in [0.1, 0.15) is 0 Å². The van der Waals surface area contributed by atoms with Crippen LogP contribution in [0.3, 0.4) is 0 Å². The van der Waals surface area contributed by atoms with Gasteiger partial charge in [0.25, 0.3) is 0 Å². The summed E-state index contributed by atoms with van der Waals surface area (Å²) in [6.07, 6.45) is 0. The molecule has 7 heteroatoms. The van der Waals surface area contributed by atoms with Crippen molar-refractivity contribution in [2.75, 3.05) is 59.5 Å². The zero-order valence-corrected chi connectivity index (χ0v) is 19.4. The monoisotopic (exact) mass is 489 g/mol. The van der Waals surface area contributed by atoms with E-state index in [2.05, 4.69) is 56.6 Å². The number of aliphatic imine (C=N–C) groups is 1. The summed E-state index contributed by atoms with van der Waals surface area (Å²) in [4.78, 5) is 9.36. The number of guanidine groups is 1. The maximum absolute atomic E-state index is 5.36. The van der Waals surface area contributed by atoms with Crippen LogP contribution >= 0.6 is 24.0 Å². The fourth-order valence-corrected chi connectivity index (χ4v) is 3.17. The minimum atomic E-state index is 0. The molecule has 0 saturated carbocycles. The number of piperazine rings is 1. The molecular formula is C20H36IN5O. The fourth-order valence-electron chi connectivity index (χ4n) is 3.17. The number of rotatable bonds is 9. The lowest BCUT2D eigenvalue weighted by atomic mass is 10.1. The number of hydrogen-bond donors (Lipinski definition) is 2. The fraction of sp³-hybridized carbons (Fsp3) is 0.650. The van der Waals surface area contributed by atoms with Crippen LogP contribution in [0.4, 0.5) is 0 Å². The van der Waals surface area contributed by atoms with Crippen LogP contribution in [-0.2, 0) is 17.8 Å². The molecule has 154 valence electrons. The van der Waals surface area contributed by atoms with Crippen molar-refractivity contribution >= 4 is 29.9 Å². The smallest absolute Gasteiger partial charge is 0.191 e. The average Bonchev–Trinajstić information content (AvgIpc) is 2.69. The van der Waals surface area contributed by atoms with Crippen molar-refractivity contribution in [3.05, 3.63) is 35.4 Å². The normalized spacial score (nSPS) is 16.0. The summed E-state index contributed by atoms with van der Waals surface area (Å²) in [5, 5.41) is 6.70. The minimum Gasteiger partial charge on any atom is -0.380 e. The minimum absolute atomic E-state index is 0. The van der Waals surface area contributed by atoms with Crippen molar-refractivity contribution in [2.45, 2.75) is 26.9 Å². The molecule has 0 aromatic heterocycles. The van der Waals surface area contributed by atoms with Gasteiger partial charge in [0.2, 0.25) is 0 Å². The first kappa shape index (κ1) is 24.1. The van der Waals surface area contributed by atoms with Crippen molar-refractivity contribution < 1.29 is 4.74 Å². The number of halogens is 1. The molecule has 2 rings (SSSR count). The van der Waals surface area contributed by atoms with Crippen molar-refractivity contribution in [3.8, 4) is 0 Å². The van der Waals surface area contributed by atoms with Gasteiger partial charge in [0.05, 0.1) is 6.61 Å². The quantitative estimate of drug-likeness (QED) is 0.241. The molecule has 0 unspecified atom stereocenters. The maximum Gasteiger partial charge on any atom is 0.191 e. The third-order valence-corrected chi connectivity index (χ3v) is 4.84. The van der Waals surface area contributed by atoms with Gasteiger partial charge in [0.15, 0.2) is 5.96 Å². The van der Waals surface area contributed by atoms with E-state index in [1.807, 2.05) is 6.92 Å². The summed E-state index contributed by atoms with van der Waals surface area (Å²) in [5.74, 6) is 0.816. The molecule has 6 nitrogen and oxygen atoms in total. The molecule has 27 heavy (non-hydrogen) atoms. The van der Waals surface area contributed by atoms with E-state index in [9.17, 15) is 0 Å². The molecule has 2 N–H and O–H groups in total. The van der Waals surface area contributed by atoms with Crippen molar-refractivity contribution in [1.82, 2.24) is 20.4 Å². The Morgan fingerprint density at radius 3 is 2.33 bits per heavy atom. The summed E-state index contributed by atoms with van der Waals surface area (Å²) in [7, 11) is 1.80. The highest BCUT2D eigenvalue weighted by Crippen LogP contribution is 2.13. The van der Waals surface area contributed by atoms with Crippen molar-refractivity contribution in [2.24, 2.45) is 4.99 Å². The molecule has 0 radical (unpaired) electrons. The summed E-state index contributed by atoms with van der Waals surface area (Å²) in [6.45, 7) is 14.0. The standard InChI is InChI=1S/C20H35N5O.HI/c1-4-24-11-13-25(14-12-24)17-19-9-7-6-8-18(19)16-23-20(21-3)22-10-15-26-5-2;/h6-9H,4-5,10-17H2,1-3H3,(H2,21,22,23);1H. The molecule has 1 aliphatic heterocycles. The number of nitrogens with zero attached hydrogens (tertiary/aromatic N) is 3. The van der Waals surface area contributed by atoms with Crippen LogP contribution in [0, 0.1) is 0 Å². The second kappa shape index (κ2) is 14.1. The summed E-state index contributed by atoms with van der Waals surface area (Å²) in [6, 6.07) is 8.70. The topological polar surface area (TPSA) is 52.1 Å². The number of benzene rings is 1. The van der Waals surface area contributed by atoms with Gasteiger partial charge in [0, 0.05) is 59.5 Å². The van der Waals surface area contributed by atoms with E-state index >= 15 is 0 Å². The molecule has 0 bridgehead atoms. The Bertz CT molecular complexity index is 547. The first-order valence-corrected chi connectivity index (χ1v) is 9.80. The Kier molecular flexibility index (Phi) is 12.6. The lowest BCUT2D eigenvalue weighted by Crippen LogP contribution is -2.45. The third-order valence-electron chi connectivity index (χ3n) is 4.84. The van der Waals surface area contributed by atoms with E-state index in [4.69, 9.17) is 4.74 Å². The van der Waals surface area contributed by atoms with Gasteiger partial charge < -0.3 is 20.3 Å². The van der Waals surface area contributed by atoms with Crippen LogP contribution in [0.1, 0.15) is 25.0 Å². The zero-order chi connectivity index (χ0) is 18.6. The molecule has 0 atom stereocenters.